The largest absolute Gasteiger partial charge is 0.472 e. The van der Waals surface area contributed by atoms with Gasteiger partial charge in [-0.1, -0.05) is 0 Å². The van der Waals surface area contributed by atoms with Crippen LogP contribution in [0.3, 0.4) is 0 Å². The number of hydrogen-bond acceptors (Lipinski definition) is 3. The zero-order valence-corrected chi connectivity index (χ0v) is 7.17. The molecule has 0 spiro atoms. The first-order chi connectivity index (χ1) is 6.55. The molecule has 2 N–H and O–H groups in total. The summed E-state index contributed by atoms with van der Waals surface area (Å²) in [4.78, 5) is 11.1. The van der Waals surface area contributed by atoms with Gasteiger partial charge < -0.3 is 14.8 Å². The minimum atomic E-state index is -3.29. The van der Waals surface area contributed by atoms with E-state index >= 15 is 0 Å². The molecule has 0 saturated carbocycles. The van der Waals surface area contributed by atoms with E-state index in [1.165, 1.54) is 12.3 Å². The molecule has 14 heavy (non-hydrogen) atoms. The molecule has 1 rings (SSSR count). The van der Waals surface area contributed by atoms with Gasteiger partial charge in [-0.15, -0.1) is 0 Å². The average Bonchev–Trinajstić information content (AvgIpc) is 2.67. The SMILES string of the molecule is O=C(NCC(F)(F)CO)c1ccoc1. The molecule has 78 valence electrons. The van der Waals surface area contributed by atoms with Crippen LogP contribution in [0.25, 0.3) is 0 Å². The van der Waals surface area contributed by atoms with Crippen molar-refractivity contribution < 1.29 is 23.1 Å². The number of rotatable bonds is 4. The fraction of sp³-hybridized carbons (Fsp3) is 0.375. The predicted octanol–water partition coefficient (Wildman–Crippen LogP) is 0.637. The van der Waals surface area contributed by atoms with Gasteiger partial charge >= 0.3 is 0 Å². The Morgan fingerprint density at radius 2 is 2.36 bits per heavy atom. The number of aliphatic hydroxyl groups is 1. The van der Waals surface area contributed by atoms with Crippen molar-refractivity contribution in [2.24, 2.45) is 0 Å². The molecule has 0 aliphatic rings. The van der Waals surface area contributed by atoms with Gasteiger partial charge in [0, 0.05) is 0 Å². The van der Waals surface area contributed by atoms with Crippen LogP contribution < -0.4 is 5.32 Å². The highest BCUT2D eigenvalue weighted by Crippen LogP contribution is 2.10. The monoisotopic (exact) mass is 205 g/mol. The van der Waals surface area contributed by atoms with Crippen molar-refractivity contribution in [2.75, 3.05) is 13.2 Å². The third kappa shape index (κ3) is 2.81. The van der Waals surface area contributed by atoms with E-state index in [0.717, 1.165) is 6.26 Å². The summed E-state index contributed by atoms with van der Waals surface area (Å²) in [5.41, 5.74) is 0.165. The average molecular weight is 205 g/mol. The number of alkyl halides is 2. The predicted molar refractivity (Wildman–Crippen MR) is 43.1 cm³/mol. The molecule has 0 aromatic carbocycles. The van der Waals surface area contributed by atoms with Gasteiger partial charge in [0.25, 0.3) is 11.8 Å². The van der Waals surface area contributed by atoms with Gasteiger partial charge in [0.2, 0.25) is 0 Å². The topological polar surface area (TPSA) is 62.5 Å². The molecule has 0 atom stereocenters. The molecule has 0 unspecified atom stereocenters. The fourth-order valence-electron chi connectivity index (χ4n) is 0.761. The maximum atomic E-state index is 12.5. The van der Waals surface area contributed by atoms with Crippen LogP contribution in [0.15, 0.2) is 23.0 Å². The number of halogens is 2. The van der Waals surface area contributed by atoms with Crippen LogP contribution in [0.5, 0.6) is 0 Å². The molecule has 4 nitrogen and oxygen atoms in total. The molecular weight excluding hydrogens is 196 g/mol. The standard InChI is InChI=1S/C8H9F2NO3/c9-8(10,5-12)4-11-7(13)6-1-2-14-3-6/h1-3,12H,4-5H2,(H,11,13). The first kappa shape index (κ1) is 10.6. The van der Waals surface area contributed by atoms with Crippen molar-refractivity contribution in [1.82, 2.24) is 5.32 Å². The highest BCUT2D eigenvalue weighted by atomic mass is 19.3. The summed E-state index contributed by atoms with van der Waals surface area (Å²) in [6, 6.07) is 1.35. The molecule has 1 aromatic heterocycles. The molecule has 0 fully saturated rings. The second-order valence-electron chi connectivity index (χ2n) is 2.71. The quantitative estimate of drug-likeness (QED) is 0.758. The van der Waals surface area contributed by atoms with Crippen LogP contribution in [-0.2, 0) is 0 Å². The van der Waals surface area contributed by atoms with Crippen molar-refractivity contribution in [2.45, 2.75) is 5.92 Å². The van der Waals surface area contributed by atoms with E-state index in [-0.39, 0.29) is 5.56 Å². The smallest absolute Gasteiger partial charge is 0.287 e. The number of carbonyl (C=O) groups is 1. The number of hydrogen-bond donors (Lipinski definition) is 2. The minimum Gasteiger partial charge on any atom is -0.472 e. The lowest BCUT2D eigenvalue weighted by molar-refractivity contribution is -0.0462. The van der Waals surface area contributed by atoms with Gasteiger partial charge in [-0.2, -0.15) is 0 Å². The Bertz CT molecular complexity index is 298. The van der Waals surface area contributed by atoms with Crippen LogP contribution in [0.1, 0.15) is 10.4 Å². The van der Waals surface area contributed by atoms with Crippen LogP contribution >= 0.6 is 0 Å². The fourth-order valence-corrected chi connectivity index (χ4v) is 0.761. The van der Waals surface area contributed by atoms with Gasteiger partial charge in [0.15, 0.2) is 0 Å². The third-order valence-corrected chi connectivity index (χ3v) is 1.52. The summed E-state index contributed by atoms with van der Waals surface area (Å²) >= 11 is 0. The van der Waals surface area contributed by atoms with E-state index < -0.39 is 25.0 Å². The van der Waals surface area contributed by atoms with Crippen molar-refractivity contribution in [3.05, 3.63) is 24.2 Å². The van der Waals surface area contributed by atoms with Gasteiger partial charge in [0.1, 0.15) is 12.9 Å². The number of amides is 1. The number of aliphatic hydroxyl groups excluding tert-OH is 1. The van der Waals surface area contributed by atoms with Crippen LogP contribution in [0, 0.1) is 0 Å². The summed E-state index contributed by atoms with van der Waals surface area (Å²) in [5.74, 6) is -3.95. The van der Waals surface area contributed by atoms with Crippen LogP contribution in [0.4, 0.5) is 8.78 Å². The van der Waals surface area contributed by atoms with Gasteiger partial charge in [-0.3, -0.25) is 4.79 Å². The molecule has 0 radical (unpaired) electrons. The molecule has 6 heteroatoms. The Labute approximate surface area is 78.5 Å². The van der Waals surface area contributed by atoms with E-state index in [2.05, 4.69) is 4.42 Å². The maximum Gasteiger partial charge on any atom is 0.287 e. The first-order valence-corrected chi connectivity index (χ1v) is 3.84. The van der Waals surface area contributed by atoms with Crippen LogP contribution in [-0.4, -0.2) is 30.1 Å². The molecule has 0 aliphatic heterocycles. The van der Waals surface area contributed by atoms with Crippen molar-refractivity contribution in [3.63, 3.8) is 0 Å². The summed E-state index contributed by atoms with van der Waals surface area (Å²) < 4.78 is 29.5. The zero-order chi connectivity index (χ0) is 10.6. The van der Waals surface area contributed by atoms with Crippen molar-refractivity contribution >= 4 is 5.91 Å². The van der Waals surface area contributed by atoms with E-state index in [0.29, 0.717) is 0 Å². The second kappa shape index (κ2) is 4.19. The Kier molecular flexibility index (Phi) is 3.19. The third-order valence-electron chi connectivity index (χ3n) is 1.52. The summed E-state index contributed by atoms with van der Waals surface area (Å²) in [6.45, 7) is -2.19. The molecule has 1 amide bonds. The Morgan fingerprint density at radius 3 is 2.86 bits per heavy atom. The minimum absolute atomic E-state index is 0.165. The van der Waals surface area contributed by atoms with Gasteiger partial charge in [-0.05, 0) is 6.07 Å². The molecule has 0 bridgehead atoms. The first-order valence-electron chi connectivity index (χ1n) is 3.84. The van der Waals surface area contributed by atoms with E-state index in [9.17, 15) is 13.6 Å². The molecule has 0 aliphatic carbocycles. The zero-order valence-electron chi connectivity index (χ0n) is 7.17. The Balaban J connectivity index is 2.43. The summed E-state index contributed by atoms with van der Waals surface area (Å²) in [6.07, 6.45) is 2.41. The number of carbonyl (C=O) groups excluding carboxylic acids is 1. The Hall–Kier alpha value is -1.43. The molecule has 0 saturated heterocycles. The maximum absolute atomic E-state index is 12.5. The molecular formula is C8H9F2NO3. The van der Waals surface area contributed by atoms with Crippen molar-refractivity contribution in [3.8, 4) is 0 Å². The summed E-state index contributed by atoms with van der Waals surface area (Å²) in [7, 11) is 0. The normalized spacial score (nSPS) is 11.4. The Morgan fingerprint density at radius 1 is 1.64 bits per heavy atom. The van der Waals surface area contributed by atoms with Gasteiger partial charge in [-0.25, -0.2) is 8.78 Å². The van der Waals surface area contributed by atoms with Gasteiger partial charge in [0.05, 0.1) is 18.4 Å². The second-order valence-corrected chi connectivity index (χ2v) is 2.71. The van der Waals surface area contributed by atoms with E-state index in [1.54, 1.807) is 0 Å². The summed E-state index contributed by atoms with van der Waals surface area (Å²) in [5, 5.41) is 10.2. The number of nitrogens with one attached hydrogen (secondary N) is 1. The highest BCUT2D eigenvalue weighted by Gasteiger charge is 2.28. The lowest BCUT2D eigenvalue weighted by Crippen LogP contribution is -2.38. The number of furan rings is 1. The van der Waals surface area contributed by atoms with E-state index in [4.69, 9.17) is 5.11 Å². The van der Waals surface area contributed by atoms with Crippen molar-refractivity contribution in [1.29, 1.82) is 0 Å². The molecule has 1 heterocycles. The van der Waals surface area contributed by atoms with Crippen LogP contribution in [0.2, 0.25) is 0 Å². The lowest BCUT2D eigenvalue weighted by Gasteiger charge is -2.13. The van der Waals surface area contributed by atoms with E-state index in [1.807, 2.05) is 5.32 Å². The highest BCUT2D eigenvalue weighted by molar-refractivity contribution is 5.93. The lowest BCUT2D eigenvalue weighted by atomic mass is 10.3. The molecule has 1 aromatic rings.